The highest BCUT2D eigenvalue weighted by molar-refractivity contribution is 5.50. The van der Waals surface area contributed by atoms with Crippen molar-refractivity contribution < 1.29 is 5.11 Å². The fraction of sp³-hybridized carbons (Fsp3) is 0.733. The van der Waals surface area contributed by atoms with E-state index in [1.807, 2.05) is 6.07 Å². The molecule has 0 bridgehead atoms. The van der Waals surface area contributed by atoms with Crippen molar-refractivity contribution in [1.82, 2.24) is 9.97 Å². The Kier molecular flexibility index (Phi) is 5.17. The zero-order chi connectivity index (χ0) is 14.5. The van der Waals surface area contributed by atoms with Gasteiger partial charge in [-0.05, 0) is 25.7 Å². The first-order valence-electron chi connectivity index (χ1n) is 7.62. The maximum absolute atomic E-state index is 9.22. The number of aromatic nitrogens is 2. The molecule has 2 rings (SSSR count). The normalized spacial score (nSPS) is 16.8. The average molecular weight is 278 g/mol. The fourth-order valence-electron chi connectivity index (χ4n) is 2.49. The predicted molar refractivity (Wildman–Crippen MR) is 82.3 cm³/mol. The van der Waals surface area contributed by atoms with Crippen LogP contribution in [0.15, 0.2) is 6.07 Å². The van der Waals surface area contributed by atoms with Crippen molar-refractivity contribution in [3.63, 3.8) is 0 Å². The SMILES string of the molecule is CCNc1cc(N2CCC(CO)CC2)nc(C(C)C)n1. The summed E-state index contributed by atoms with van der Waals surface area (Å²) in [6.07, 6.45) is 2.07. The molecule has 1 aromatic heterocycles. The Morgan fingerprint density at radius 1 is 1.35 bits per heavy atom. The van der Waals surface area contributed by atoms with Crippen LogP contribution < -0.4 is 10.2 Å². The fourth-order valence-corrected chi connectivity index (χ4v) is 2.49. The zero-order valence-corrected chi connectivity index (χ0v) is 12.8. The Bertz CT molecular complexity index is 428. The van der Waals surface area contributed by atoms with Gasteiger partial charge in [-0.1, -0.05) is 13.8 Å². The molecule has 1 aliphatic rings. The van der Waals surface area contributed by atoms with E-state index in [-0.39, 0.29) is 0 Å². The number of rotatable bonds is 5. The molecule has 112 valence electrons. The molecule has 0 aromatic carbocycles. The summed E-state index contributed by atoms with van der Waals surface area (Å²) < 4.78 is 0. The first-order valence-corrected chi connectivity index (χ1v) is 7.62. The summed E-state index contributed by atoms with van der Waals surface area (Å²) in [5, 5.41) is 12.5. The van der Waals surface area contributed by atoms with Gasteiger partial charge in [0.05, 0.1) is 0 Å². The molecule has 5 nitrogen and oxygen atoms in total. The van der Waals surface area contributed by atoms with Gasteiger partial charge in [0.25, 0.3) is 0 Å². The molecule has 0 unspecified atom stereocenters. The van der Waals surface area contributed by atoms with Gasteiger partial charge in [0.1, 0.15) is 17.5 Å². The van der Waals surface area contributed by atoms with Crippen LogP contribution in [0.4, 0.5) is 11.6 Å². The van der Waals surface area contributed by atoms with Gasteiger partial charge >= 0.3 is 0 Å². The number of hydrogen-bond acceptors (Lipinski definition) is 5. The van der Waals surface area contributed by atoms with Crippen LogP contribution in [0.2, 0.25) is 0 Å². The smallest absolute Gasteiger partial charge is 0.135 e. The molecule has 1 aliphatic heterocycles. The van der Waals surface area contributed by atoms with Gasteiger partial charge < -0.3 is 15.3 Å². The second kappa shape index (κ2) is 6.88. The number of aliphatic hydroxyl groups excluding tert-OH is 1. The van der Waals surface area contributed by atoms with Gasteiger partial charge in [0.15, 0.2) is 0 Å². The topological polar surface area (TPSA) is 61.3 Å². The number of aliphatic hydroxyl groups is 1. The number of hydrogen-bond donors (Lipinski definition) is 2. The van der Waals surface area contributed by atoms with Gasteiger partial charge in [-0.3, -0.25) is 0 Å². The molecule has 2 N–H and O–H groups in total. The minimum Gasteiger partial charge on any atom is -0.396 e. The minimum absolute atomic E-state index is 0.303. The van der Waals surface area contributed by atoms with Crippen molar-refractivity contribution >= 4 is 11.6 Å². The lowest BCUT2D eigenvalue weighted by Gasteiger charge is -2.32. The second-order valence-electron chi connectivity index (χ2n) is 5.77. The van der Waals surface area contributed by atoms with Crippen LogP contribution in [0.1, 0.15) is 45.4 Å². The summed E-state index contributed by atoms with van der Waals surface area (Å²) in [5.74, 6) is 3.58. The molecule has 1 saturated heterocycles. The standard InChI is InChI=1S/C15H26N4O/c1-4-16-13-9-14(18-15(17-13)11(2)3)19-7-5-12(10-20)6-8-19/h9,11-12,20H,4-8,10H2,1-3H3,(H,16,17,18). The molecule has 0 aliphatic carbocycles. The van der Waals surface area contributed by atoms with E-state index in [1.54, 1.807) is 0 Å². The van der Waals surface area contributed by atoms with Gasteiger partial charge in [-0.2, -0.15) is 0 Å². The molecular formula is C15H26N4O. The summed E-state index contributed by atoms with van der Waals surface area (Å²) in [6.45, 7) is 9.40. The summed E-state index contributed by atoms with van der Waals surface area (Å²) in [6, 6.07) is 2.04. The van der Waals surface area contributed by atoms with Gasteiger partial charge in [-0.15, -0.1) is 0 Å². The number of nitrogens with one attached hydrogen (secondary N) is 1. The second-order valence-corrected chi connectivity index (χ2v) is 5.77. The Morgan fingerprint density at radius 2 is 2.05 bits per heavy atom. The van der Waals surface area contributed by atoms with E-state index in [1.165, 1.54) is 0 Å². The first-order chi connectivity index (χ1) is 9.63. The highest BCUT2D eigenvalue weighted by atomic mass is 16.3. The monoisotopic (exact) mass is 278 g/mol. The molecule has 0 radical (unpaired) electrons. The van der Waals surface area contributed by atoms with E-state index in [2.05, 4.69) is 36.0 Å². The van der Waals surface area contributed by atoms with Crippen LogP contribution in [0.3, 0.4) is 0 Å². The van der Waals surface area contributed by atoms with E-state index in [9.17, 15) is 5.11 Å². The molecule has 1 aromatic rings. The largest absolute Gasteiger partial charge is 0.396 e. The lowest BCUT2D eigenvalue weighted by Crippen LogP contribution is -2.35. The van der Waals surface area contributed by atoms with E-state index >= 15 is 0 Å². The van der Waals surface area contributed by atoms with Crippen molar-refractivity contribution in [2.45, 2.75) is 39.5 Å². The molecule has 2 heterocycles. The summed E-state index contributed by atoms with van der Waals surface area (Å²) >= 11 is 0. The lowest BCUT2D eigenvalue weighted by molar-refractivity contribution is 0.202. The van der Waals surface area contributed by atoms with Crippen LogP contribution in [0.5, 0.6) is 0 Å². The third-order valence-corrected chi connectivity index (χ3v) is 3.80. The van der Waals surface area contributed by atoms with Crippen molar-refractivity contribution in [3.05, 3.63) is 11.9 Å². The molecule has 5 heteroatoms. The first kappa shape index (κ1) is 15.0. The van der Waals surface area contributed by atoms with Crippen molar-refractivity contribution in [3.8, 4) is 0 Å². The van der Waals surface area contributed by atoms with E-state index in [4.69, 9.17) is 4.98 Å². The van der Waals surface area contributed by atoms with Crippen LogP contribution in [0, 0.1) is 5.92 Å². The van der Waals surface area contributed by atoms with Crippen molar-refractivity contribution in [1.29, 1.82) is 0 Å². The quantitative estimate of drug-likeness (QED) is 0.865. The molecule has 1 fully saturated rings. The molecular weight excluding hydrogens is 252 g/mol. The highest BCUT2D eigenvalue weighted by Gasteiger charge is 2.20. The van der Waals surface area contributed by atoms with Crippen LogP contribution in [-0.4, -0.2) is 41.3 Å². The lowest BCUT2D eigenvalue weighted by atomic mass is 9.98. The summed E-state index contributed by atoms with van der Waals surface area (Å²) in [4.78, 5) is 11.6. The number of nitrogens with zero attached hydrogens (tertiary/aromatic N) is 3. The molecule has 20 heavy (non-hydrogen) atoms. The van der Waals surface area contributed by atoms with Crippen LogP contribution in [-0.2, 0) is 0 Å². The van der Waals surface area contributed by atoms with E-state index in [0.29, 0.717) is 18.4 Å². The maximum Gasteiger partial charge on any atom is 0.135 e. The van der Waals surface area contributed by atoms with Crippen LogP contribution >= 0.6 is 0 Å². The summed E-state index contributed by atoms with van der Waals surface area (Å²) in [7, 11) is 0. The summed E-state index contributed by atoms with van der Waals surface area (Å²) in [5.41, 5.74) is 0. The number of anilines is 2. The Hall–Kier alpha value is -1.36. The van der Waals surface area contributed by atoms with Crippen molar-refractivity contribution in [2.24, 2.45) is 5.92 Å². The Morgan fingerprint density at radius 3 is 2.60 bits per heavy atom. The minimum atomic E-state index is 0.303. The third-order valence-electron chi connectivity index (χ3n) is 3.80. The molecule has 0 saturated carbocycles. The number of piperidine rings is 1. The van der Waals surface area contributed by atoms with Gasteiger partial charge in [0.2, 0.25) is 0 Å². The van der Waals surface area contributed by atoms with Gasteiger partial charge in [-0.25, -0.2) is 9.97 Å². The van der Waals surface area contributed by atoms with E-state index < -0.39 is 0 Å². The van der Waals surface area contributed by atoms with Crippen molar-refractivity contribution in [2.75, 3.05) is 36.5 Å². The Balaban J connectivity index is 2.17. The van der Waals surface area contributed by atoms with Crippen LogP contribution in [0.25, 0.3) is 0 Å². The third kappa shape index (κ3) is 3.60. The maximum atomic E-state index is 9.22. The molecule has 0 amide bonds. The van der Waals surface area contributed by atoms with E-state index in [0.717, 1.165) is 49.9 Å². The zero-order valence-electron chi connectivity index (χ0n) is 12.8. The Labute approximate surface area is 121 Å². The average Bonchev–Trinajstić information content (AvgIpc) is 2.47. The highest BCUT2D eigenvalue weighted by Crippen LogP contribution is 2.24. The predicted octanol–water partition coefficient (Wildman–Crippen LogP) is 2.24. The molecule has 0 atom stereocenters. The molecule has 0 spiro atoms. The van der Waals surface area contributed by atoms with Gasteiger partial charge in [0, 0.05) is 38.2 Å².